The molecule has 1 N–H and O–H groups in total. The van der Waals surface area contributed by atoms with E-state index < -0.39 is 17.8 Å². The molecule has 7 nitrogen and oxygen atoms in total. The Balaban J connectivity index is 1.68. The number of rotatable bonds is 6. The molecule has 9 heteroatoms. The molecule has 0 spiro atoms. The largest absolute Gasteiger partial charge is 0.494 e. The number of aromatic nitrogens is 4. The molecular weight excluding hydrogens is 445 g/mol. The molecule has 0 aliphatic carbocycles. The average molecular weight is 466 g/mol. The standard InChI is InChI=1S/C24H21ClFN5O2/c1-14(16-6-9-19(26)22(10-16)33-3)28-24(32)21-11-20(15-4-7-18(25)8-5-15)29-23(30-21)17-12-27-31(2)13-17/h4-14H,1-3H3,(H,28,32)/t14-/m0/s1. The number of carbonyl (C=O) groups excluding carboxylic acids is 1. The second-order valence-electron chi connectivity index (χ2n) is 7.46. The normalized spacial score (nSPS) is 11.8. The molecule has 4 aromatic rings. The van der Waals surface area contributed by atoms with Gasteiger partial charge in [-0.2, -0.15) is 5.10 Å². The van der Waals surface area contributed by atoms with Gasteiger partial charge in [-0.15, -0.1) is 0 Å². The zero-order chi connectivity index (χ0) is 23.5. The van der Waals surface area contributed by atoms with E-state index in [9.17, 15) is 9.18 Å². The maximum absolute atomic E-state index is 13.8. The Bertz CT molecular complexity index is 1310. The SMILES string of the molecule is COc1cc([C@H](C)NC(=O)c2cc(-c3ccc(Cl)cc3)nc(-c3cnn(C)c3)n2)ccc1F. The zero-order valence-electron chi connectivity index (χ0n) is 18.2. The van der Waals surface area contributed by atoms with Crippen molar-refractivity contribution in [2.24, 2.45) is 7.05 Å². The van der Waals surface area contributed by atoms with E-state index in [-0.39, 0.29) is 11.4 Å². The molecule has 0 saturated carbocycles. The van der Waals surface area contributed by atoms with Gasteiger partial charge in [-0.1, -0.05) is 29.8 Å². The van der Waals surface area contributed by atoms with Gasteiger partial charge in [-0.25, -0.2) is 14.4 Å². The molecule has 4 rings (SSSR count). The Kier molecular flexibility index (Phi) is 6.37. The maximum Gasteiger partial charge on any atom is 0.270 e. The first-order valence-corrected chi connectivity index (χ1v) is 10.5. The van der Waals surface area contributed by atoms with Crippen LogP contribution in [-0.2, 0) is 7.05 Å². The van der Waals surface area contributed by atoms with E-state index in [0.717, 1.165) is 5.56 Å². The minimum absolute atomic E-state index is 0.111. The maximum atomic E-state index is 13.8. The van der Waals surface area contributed by atoms with Crippen molar-refractivity contribution < 1.29 is 13.9 Å². The van der Waals surface area contributed by atoms with Gasteiger partial charge in [0.15, 0.2) is 17.4 Å². The van der Waals surface area contributed by atoms with Crippen LogP contribution in [0.4, 0.5) is 4.39 Å². The van der Waals surface area contributed by atoms with Crippen LogP contribution < -0.4 is 10.1 Å². The summed E-state index contributed by atoms with van der Waals surface area (Å²) in [6, 6.07) is 12.8. The van der Waals surface area contributed by atoms with Gasteiger partial charge in [0.1, 0.15) is 5.69 Å². The van der Waals surface area contributed by atoms with Gasteiger partial charge >= 0.3 is 0 Å². The quantitative estimate of drug-likeness (QED) is 0.440. The second kappa shape index (κ2) is 9.38. The third-order valence-corrected chi connectivity index (χ3v) is 5.34. The van der Waals surface area contributed by atoms with Crippen LogP contribution in [0.1, 0.15) is 29.0 Å². The van der Waals surface area contributed by atoms with Crippen molar-refractivity contribution >= 4 is 17.5 Å². The number of benzene rings is 2. The van der Waals surface area contributed by atoms with Crippen molar-refractivity contribution in [3.05, 3.63) is 83.0 Å². The molecular formula is C24H21ClFN5O2. The highest BCUT2D eigenvalue weighted by atomic mass is 35.5. The van der Waals surface area contributed by atoms with E-state index in [2.05, 4.69) is 20.4 Å². The number of hydrogen-bond donors (Lipinski definition) is 1. The van der Waals surface area contributed by atoms with E-state index in [1.165, 1.54) is 13.2 Å². The topological polar surface area (TPSA) is 81.9 Å². The van der Waals surface area contributed by atoms with E-state index in [4.69, 9.17) is 16.3 Å². The minimum Gasteiger partial charge on any atom is -0.494 e. The highest BCUT2D eigenvalue weighted by Crippen LogP contribution is 2.25. The van der Waals surface area contributed by atoms with Crippen LogP contribution >= 0.6 is 11.6 Å². The Morgan fingerprint density at radius 1 is 1.12 bits per heavy atom. The van der Waals surface area contributed by atoms with Gasteiger partial charge in [-0.05, 0) is 42.8 Å². The monoisotopic (exact) mass is 465 g/mol. The van der Waals surface area contributed by atoms with Crippen LogP contribution in [0.5, 0.6) is 5.75 Å². The molecule has 1 amide bonds. The molecule has 1 atom stereocenters. The van der Waals surface area contributed by atoms with Crippen LogP contribution in [0, 0.1) is 5.82 Å². The van der Waals surface area contributed by atoms with Gasteiger partial charge in [0.2, 0.25) is 0 Å². The van der Waals surface area contributed by atoms with Gasteiger partial charge in [0, 0.05) is 23.8 Å². The lowest BCUT2D eigenvalue weighted by molar-refractivity contribution is 0.0934. The summed E-state index contributed by atoms with van der Waals surface area (Å²) >= 11 is 6.02. The summed E-state index contributed by atoms with van der Waals surface area (Å²) in [6.07, 6.45) is 3.41. The third-order valence-electron chi connectivity index (χ3n) is 5.08. The van der Waals surface area contributed by atoms with Crippen molar-refractivity contribution in [1.82, 2.24) is 25.1 Å². The molecule has 0 bridgehead atoms. The minimum atomic E-state index is -0.468. The first kappa shape index (κ1) is 22.4. The van der Waals surface area contributed by atoms with Crippen molar-refractivity contribution in [3.8, 4) is 28.4 Å². The molecule has 33 heavy (non-hydrogen) atoms. The third kappa shape index (κ3) is 5.01. The second-order valence-corrected chi connectivity index (χ2v) is 7.90. The fourth-order valence-electron chi connectivity index (χ4n) is 3.30. The number of aryl methyl sites for hydroxylation is 1. The number of ether oxygens (including phenoxy) is 1. The summed E-state index contributed by atoms with van der Waals surface area (Å²) in [5, 5.41) is 7.67. The Labute approximate surface area is 195 Å². The van der Waals surface area contributed by atoms with Crippen LogP contribution in [0.15, 0.2) is 60.9 Å². The summed E-state index contributed by atoms with van der Waals surface area (Å²) in [5.41, 5.74) is 2.92. The van der Waals surface area contributed by atoms with E-state index >= 15 is 0 Å². The average Bonchev–Trinajstić information content (AvgIpc) is 3.25. The molecule has 168 valence electrons. The van der Waals surface area contributed by atoms with Gasteiger partial charge in [0.05, 0.1) is 30.6 Å². The summed E-state index contributed by atoms with van der Waals surface area (Å²) < 4.78 is 20.4. The van der Waals surface area contributed by atoms with Gasteiger partial charge in [0.25, 0.3) is 5.91 Å². The van der Waals surface area contributed by atoms with Crippen LogP contribution in [0.25, 0.3) is 22.6 Å². The lowest BCUT2D eigenvalue weighted by atomic mass is 10.1. The summed E-state index contributed by atoms with van der Waals surface area (Å²) in [7, 11) is 3.18. The lowest BCUT2D eigenvalue weighted by Crippen LogP contribution is -2.27. The van der Waals surface area contributed by atoms with Crippen LogP contribution in [-0.4, -0.2) is 32.8 Å². The van der Waals surface area contributed by atoms with Crippen LogP contribution in [0.3, 0.4) is 0 Å². The predicted octanol–water partition coefficient (Wildman–Crippen LogP) is 4.84. The highest BCUT2D eigenvalue weighted by molar-refractivity contribution is 6.30. The molecule has 2 aromatic carbocycles. The number of hydrogen-bond acceptors (Lipinski definition) is 5. The number of methoxy groups -OCH3 is 1. The fraction of sp³-hybridized carbons (Fsp3) is 0.167. The summed E-state index contributed by atoms with van der Waals surface area (Å²) in [6.45, 7) is 1.80. The molecule has 0 radical (unpaired) electrons. The van der Waals surface area contributed by atoms with Crippen molar-refractivity contribution in [1.29, 1.82) is 0 Å². The predicted molar refractivity (Wildman–Crippen MR) is 124 cm³/mol. The van der Waals surface area contributed by atoms with Crippen molar-refractivity contribution in [2.45, 2.75) is 13.0 Å². The first-order valence-electron chi connectivity index (χ1n) is 10.1. The number of nitrogens with one attached hydrogen (secondary N) is 1. The van der Waals surface area contributed by atoms with Gasteiger partial charge in [-0.3, -0.25) is 9.48 Å². The number of nitrogens with zero attached hydrogens (tertiary/aromatic N) is 4. The Hall–Kier alpha value is -3.78. The Morgan fingerprint density at radius 2 is 1.88 bits per heavy atom. The first-order chi connectivity index (χ1) is 15.8. The van der Waals surface area contributed by atoms with Crippen molar-refractivity contribution in [2.75, 3.05) is 7.11 Å². The zero-order valence-corrected chi connectivity index (χ0v) is 19.0. The van der Waals surface area contributed by atoms with Crippen LogP contribution in [0.2, 0.25) is 5.02 Å². The molecule has 2 heterocycles. The smallest absolute Gasteiger partial charge is 0.270 e. The molecule has 0 fully saturated rings. The van der Waals surface area contributed by atoms with Crippen molar-refractivity contribution in [3.63, 3.8) is 0 Å². The molecule has 0 aliphatic rings. The molecule has 0 aliphatic heterocycles. The van der Waals surface area contributed by atoms with E-state index in [0.29, 0.717) is 27.7 Å². The number of carbonyl (C=O) groups is 1. The Morgan fingerprint density at radius 3 is 2.55 bits per heavy atom. The number of halogens is 2. The van der Waals surface area contributed by atoms with Gasteiger partial charge < -0.3 is 10.1 Å². The molecule has 0 unspecified atom stereocenters. The lowest BCUT2D eigenvalue weighted by Gasteiger charge is -2.16. The van der Waals surface area contributed by atoms with E-state index in [1.54, 1.807) is 61.4 Å². The molecule has 0 saturated heterocycles. The van der Waals surface area contributed by atoms with E-state index in [1.807, 2.05) is 12.1 Å². The fourth-order valence-corrected chi connectivity index (χ4v) is 3.42. The molecule has 2 aromatic heterocycles. The summed E-state index contributed by atoms with van der Waals surface area (Å²) in [5.74, 6) is -0.380. The highest BCUT2D eigenvalue weighted by Gasteiger charge is 2.18. The number of amides is 1. The summed E-state index contributed by atoms with van der Waals surface area (Å²) in [4.78, 5) is 22.2.